The lowest BCUT2D eigenvalue weighted by Gasteiger charge is -2.32. The molecule has 2 N–H and O–H groups in total. The van der Waals surface area contributed by atoms with Gasteiger partial charge in [0.1, 0.15) is 0 Å². The minimum absolute atomic E-state index is 0.0300. The second kappa shape index (κ2) is 5.42. The second-order valence-electron chi connectivity index (χ2n) is 5.25. The first kappa shape index (κ1) is 12.9. The van der Waals surface area contributed by atoms with E-state index in [1.165, 1.54) is 19.3 Å². The van der Waals surface area contributed by atoms with Crippen LogP contribution in [0.3, 0.4) is 0 Å². The number of aryl methyl sites for hydroxylation is 1. The zero-order valence-electron chi connectivity index (χ0n) is 11.4. The first-order valence-corrected chi connectivity index (χ1v) is 6.71. The molecule has 2 rings (SSSR count). The molecule has 1 aromatic carbocycles. The van der Waals surface area contributed by atoms with Crippen molar-refractivity contribution in [3.05, 3.63) is 29.3 Å². The van der Waals surface area contributed by atoms with Crippen LogP contribution in [0.4, 0.5) is 5.69 Å². The molecule has 1 aromatic rings. The van der Waals surface area contributed by atoms with E-state index in [4.69, 9.17) is 0 Å². The minimum atomic E-state index is 0.0300. The average molecular weight is 246 g/mol. The normalized spacial score (nSPS) is 16.8. The number of carbonyl (C=O) groups is 1. The number of hydrogen-bond acceptors (Lipinski definition) is 2. The molecule has 0 aromatic heterocycles. The van der Waals surface area contributed by atoms with Crippen molar-refractivity contribution in [1.82, 2.24) is 5.32 Å². The van der Waals surface area contributed by atoms with Gasteiger partial charge >= 0.3 is 0 Å². The van der Waals surface area contributed by atoms with Crippen LogP contribution in [0.5, 0.6) is 0 Å². The van der Waals surface area contributed by atoms with E-state index >= 15 is 0 Å². The SMILES string of the molecule is CNc1ccc(C)cc1C(=O)NC(C)C1CCC1. The van der Waals surface area contributed by atoms with Gasteiger partial charge in [-0.3, -0.25) is 4.79 Å². The molecule has 0 saturated heterocycles. The highest BCUT2D eigenvalue weighted by Crippen LogP contribution is 2.29. The first-order valence-electron chi connectivity index (χ1n) is 6.71. The molecule has 98 valence electrons. The number of amides is 1. The summed E-state index contributed by atoms with van der Waals surface area (Å²) in [5.74, 6) is 0.694. The van der Waals surface area contributed by atoms with Crippen LogP contribution in [0.15, 0.2) is 18.2 Å². The van der Waals surface area contributed by atoms with E-state index in [-0.39, 0.29) is 11.9 Å². The summed E-state index contributed by atoms with van der Waals surface area (Å²) >= 11 is 0. The van der Waals surface area contributed by atoms with Gasteiger partial charge in [0.2, 0.25) is 0 Å². The van der Waals surface area contributed by atoms with E-state index in [1.54, 1.807) is 0 Å². The average Bonchev–Trinajstić information content (AvgIpc) is 2.26. The predicted molar refractivity (Wildman–Crippen MR) is 75.0 cm³/mol. The van der Waals surface area contributed by atoms with E-state index in [0.717, 1.165) is 16.8 Å². The Hall–Kier alpha value is -1.51. The molecule has 3 heteroatoms. The van der Waals surface area contributed by atoms with Gasteiger partial charge in [0.15, 0.2) is 0 Å². The Balaban J connectivity index is 2.09. The van der Waals surface area contributed by atoms with E-state index < -0.39 is 0 Å². The Labute approximate surface area is 109 Å². The largest absolute Gasteiger partial charge is 0.387 e. The van der Waals surface area contributed by atoms with Crippen LogP contribution in [0.25, 0.3) is 0 Å². The van der Waals surface area contributed by atoms with E-state index in [1.807, 2.05) is 32.2 Å². The lowest BCUT2D eigenvalue weighted by molar-refractivity contribution is 0.0910. The van der Waals surface area contributed by atoms with Gasteiger partial charge in [0.05, 0.1) is 5.56 Å². The summed E-state index contributed by atoms with van der Waals surface area (Å²) in [7, 11) is 1.84. The Morgan fingerprint density at radius 3 is 2.67 bits per heavy atom. The minimum Gasteiger partial charge on any atom is -0.387 e. The Morgan fingerprint density at radius 1 is 1.39 bits per heavy atom. The fourth-order valence-electron chi connectivity index (χ4n) is 2.41. The zero-order valence-corrected chi connectivity index (χ0v) is 11.4. The van der Waals surface area contributed by atoms with Crippen molar-refractivity contribution in [1.29, 1.82) is 0 Å². The van der Waals surface area contributed by atoms with Crippen LogP contribution in [-0.2, 0) is 0 Å². The molecule has 1 atom stereocenters. The molecule has 0 spiro atoms. The maximum Gasteiger partial charge on any atom is 0.253 e. The fraction of sp³-hybridized carbons (Fsp3) is 0.533. The van der Waals surface area contributed by atoms with Crippen molar-refractivity contribution in [2.24, 2.45) is 5.92 Å². The summed E-state index contributed by atoms with van der Waals surface area (Å²) in [6, 6.07) is 6.18. The molecule has 0 aliphatic heterocycles. The third kappa shape index (κ3) is 2.66. The third-order valence-electron chi connectivity index (χ3n) is 3.90. The summed E-state index contributed by atoms with van der Waals surface area (Å²) in [4.78, 5) is 12.3. The molecule has 3 nitrogen and oxygen atoms in total. The predicted octanol–water partition coefficient (Wildman–Crippen LogP) is 2.96. The van der Waals surface area contributed by atoms with Crippen LogP contribution in [0.1, 0.15) is 42.1 Å². The van der Waals surface area contributed by atoms with Crippen LogP contribution in [0.2, 0.25) is 0 Å². The highest BCUT2D eigenvalue weighted by Gasteiger charge is 2.25. The number of carbonyl (C=O) groups excluding carboxylic acids is 1. The van der Waals surface area contributed by atoms with Crippen LogP contribution in [-0.4, -0.2) is 19.0 Å². The van der Waals surface area contributed by atoms with Gasteiger partial charge in [-0.1, -0.05) is 18.1 Å². The molecule has 1 fully saturated rings. The van der Waals surface area contributed by atoms with E-state index in [2.05, 4.69) is 17.6 Å². The molecule has 0 radical (unpaired) electrons. The van der Waals surface area contributed by atoms with Crippen molar-refractivity contribution in [3.8, 4) is 0 Å². The molecule has 18 heavy (non-hydrogen) atoms. The van der Waals surface area contributed by atoms with Crippen molar-refractivity contribution in [3.63, 3.8) is 0 Å². The van der Waals surface area contributed by atoms with E-state index in [9.17, 15) is 4.79 Å². The summed E-state index contributed by atoms with van der Waals surface area (Å²) in [6.07, 6.45) is 3.79. The van der Waals surface area contributed by atoms with Crippen molar-refractivity contribution < 1.29 is 4.79 Å². The van der Waals surface area contributed by atoms with E-state index in [0.29, 0.717) is 5.92 Å². The van der Waals surface area contributed by atoms with Gasteiger partial charge in [0.25, 0.3) is 5.91 Å². The van der Waals surface area contributed by atoms with Crippen molar-refractivity contribution in [2.75, 3.05) is 12.4 Å². The quantitative estimate of drug-likeness (QED) is 0.857. The summed E-state index contributed by atoms with van der Waals surface area (Å²) in [5.41, 5.74) is 2.73. The highest BCUT2D eigenvalue weighted by molar-refractivity contribution is 6.00. The Kier molecular flexibility index (Phi) is 3.90. The highest BCUT2D eigenvalue weighted by atomic mass is 16.1. The number of benzene rings is 1. The van der Waals surface area contributed by atoms with Crippen molar-refractivity contribution >= 4 is 11.6 Å². The van der Waals surface area contributed by atoms with Crippen LogP contribution < -0.4 is 10.6 Å². The summed E-state index contributed by atoms with van der Waals surface area (Å²) in [6.45, 7) is 4.11. The molecule has 1 aliphatic rings. The molecular formula is C15H22N2O. The van der Waals surface area contributed by atoms with Gasteiger partial charge in [-0.05, 0) is 44.7 Å². The van der Waals surface area contributed by atoms with Gasteiger partial charge in [0, 0.05) is 18.8 Å². The van der Waals surface area contributed by atoms with Gasteiger partial charge in [-0.2, -0.15) is 0 Å². The Bertz CT molecular complexity index is 438. The maximum absolute atomic E-state index is 12.3. The summed E-state index contributed by atoms with van der Waals surface area (Å²) in [5, 5.41) is 6.19. The Morgan fingerprint density at radius 2 is 2.11 bits per heavy atom. The van der Waals surface area contributed by atoms with Crippen LogP contribution >= 0.6 is 0 Å². The smallest absolute Gasteiger partial charge is 0.253 e. The topological polar surface area (TPSA) is 41.1 Å². The second-order valence-corrected chi connectivity index (χ2v) is 5.25. The zero-order chi connectivity index (χ0) is 13.1. The molecule has 1 amide bonds. The number of rotatable bonds is 4. The van der Waals surface area contributed by atoms with Gasteiger partial charge < -0.3 is 10.6 Å². The standard InChI is InChI=1S/C15H22N2O/c1-10-7-8-14(16-3)13(9-10)15(18)17-11(2)12-5-4-6-12/h7-9,11-12,16H,4-6H2,1-3H3,(H,17,18). The lowest BCUT2D eigenvalue weighted by atomic mass is 9.80. The molecular weight excluding hydrogens is 224 g/mol. The van der Waals surface area contributed by atoms with Crippen LogP contribution in [0, 0.1) is 12.8 Å². The van der Waals surface area contributed by atoms with Gasteiger partial charge in [-0.25, -0.2) is 0 Å². The van der Waals surface area contributed by atoms with Crippen molar-refractivity contribution in [2.45, 2.75) is 39.2 Å². The third-order valence-corrected chi connectivity index (χ3v) is 3.90. The molecule has 1 unspecified atom stereocenters. The fourth-order valence-corrected chi connectivity index (χ4v) is 2.41. The monoisotopic (exact) mass is 246 g/mol. The molecule has 0 heterocycles. The van der Waals surface area contributed by atoms with Gasteiger partial charge in [-0.15, -0.1) is 0 Å². The number of anilines is 1. The molecule has 1 aliphatic carbocycles. The molecule has 1 saturated carbocycles. The number of hydrogen-bond donors (Lipinski definition) is 2. The maximum atomic E-state index is 12.3. The first-order chi connectivity index (χ1) is 8.61. The number of nitrogens with one attached hydrogen (secondary N) is 2. The molecule has 0 bridgehead atoms. The lowest BCUT2D eigenvalue weighted by Crippen LogP contribution is -2.40. The summed E-state index contributed by atoms with van der Waals surface area (Å²) < 4.78 is 0.